The summed E-state index contributed by atoms with van der Waals surface area (Å²) in [6, 6.07) is 7.28. The Bertz CT molecular complexity index is 1190. The molecule has 6 nitrogen and oxygen atoms in total. The third-order valence-corrected chi connectivity index (χ3v) is 6.46. The number of carbonyl (C=O) groups excluding carboxylic acids is 1. The van der Waals surface area contributed by atoms with Gasteiger partial charge in [0.1, 0.15) is 35.2 Å². The van der Waals surface area contributed by atoms with Gasteiger partial charge < -0.3 is 24.1 Å². The molecule has 2 aliphatic rings. The fourth-order valence-electron chi connectivity index (χ4n) is 4.58. The van der Waals surface area contributed by atoms with E-state index in [2.05, 4.69) is 32.9 Å². The van der Waals surface area contributed by atoms with Crippen LogP contribution in [0, 0.1) is 13.8 Å². The fraction of sp³-hybridized carbons (Fsp3) is 0.414. The Balaban J connectivity index is 1.73. The van der Waals surface area contributed by atoms with E-state index in [0.29, 0.717) is 59.1 Å². The standard InChI is InChI=1S/C29H34O6/c1-18(2)10-8-11-19(3)15-17-32-27-20(4)26(31)25-28(21(27)5)34-23-13-7-6-12-22(23)29(25)33-16-9-14-24(30)35-29/h6-7,10,12-13,15,31H,8-9,11,14,16-17H2,1-5H3/t29-/m0/s1. The van der Waals surface area contributed by atoms with Gasteiger partial charge in [0.25, 0.3) is 5.79 Å². The lowest BCUT2D eigenvalue weighted by molar-refractivity contribution is -0.212. The average Bonchev–Trinajstić information content (AvgIpc) is 3.01. The van der Waals surface area contributed by atoms with Gasteiger partial charge in [-0.25, -0.2) is 0 Å². The van der Waals surface area contributed by atoms with Gasteiger partial charge in [-0.1, -0.05) is 29.4 Å². The van der Waals surface area contributed by atoms with Crippen molar-refractivity contribution in [2.45, 2.75) is 66.1 Å². The third-order valence-electron chi connectivity index (χ3n) is 6.46. The maximum absolute atomic E-state index is 12.6. The number of benzene rings is 2. The van der Waals surface area contributed by atoms with E-state index in [-0.39, 0.29) is 18.1 Å². The van der Waals surface area contributed by atoms with Gasteiger partial charge in [-0.2, -0.15) is 0 Å². The number of rotatable bonds is 6. The van der Waals surface area contributed by atoms with Gasteiger partial charge in [-0.05, 0) is 72.1 Å². The van der Waals surface area contributed by atoms with Gasteiger partial charge in [0.05, 0.1) is 12.2 Å². The second kappa shape index (κ2) is 10.2. The molecule has 35 heavy (non-hydrogen) atoms. The number of phenols is 1. The zero-order valence-electron chi connectivity index (χ0n) is 21.2. The average molecular weight is 479 g/mol. The van der Waals surface area contributed by atoms with Crippen molar-refractivity contribution in [3.63, 3.8) is 0 Å². The number of allylic oxidation sites excluding steroid dienone is 3. The molecule has 1 atom stereocenters. The number of hydrogen-bond acceptors (Lipinski definition) is 6. The molecule has 2 aliphatic heterocycles. The molecule has 1 fully saturated rings. The van der Waals surface area contributed by atoms with Crippen LogP contribution >= 0.6 is 0 Å². The van der Waals surface area contributed by atoms with E-state index in [4.69, 9.17) is 18.9 Å². The van der Waals surface area contributed by atoms with E-state index < -0.39 is 5.79 Å². The van der Waals surface area contributed by atoms with Gasteiger partial charge in [-0.15, -0.1) is 0 Å². The normalized spacial score (nSPS) is 19.2. The van der Waals surface area contributed by atoms with E-state index >= 15 is 0 Å². The van der Waals surface area contributed by atoms with Gasteiger partial charge >= 0.3 is 5.97 Å². The van der Waals surface area contributed by atoms with Crippen LogP contribution in [0.5, 0.6) is 23.0 Å². The first-order valence-electron chi connectivity index (χ1n) is 12.2. The monoisotopic (exact) mass is 478 g/mol. The van der Waals surface area contributed by atoms with Crippen LogP contribution in [-0.4, -0.2) is 24.3 Å². The first kappa shape index (κ1) is 24.9. The second-order valence-corrected chi connectivity index (χ2v) is 9.45. The predicted molar refractivity (Wildman–Crippen MR) is 134 cm³/mol. The predicted octanol–water partition coefficient (Wildman–Crippen LogP) is 6.74. The van der Waals surface area contributed by atoms with E-state index in [9.17, 15) is 9.90 Å². The van der Waals surface area contributed by atoms with E-state index in [1.54, 1.807) is 19.1 Å². The van der Waals surface area contributed by atoms with E-state index in [0.717, 1.165) is 12.8 Å². The summed E-state index contributed by atoms with van der Waals surface area (Å²) in [7, 11) is 0. The molecule has 4 rings (SSSR count). The zero-order valence-corrected chi connectivity index (χ0v) is 21.2. The second-order valence-electron chi connectivity index (χ2n) is 9.45. The zero-order chi connectivity index (χ0) is 25.2. The third kappa shape index (κ3) is 4.80. The van der Waals surface area contributed by atoms with Crippen molar-refractivity contribution < 1.29 is 28.8 Å². The number of carbonyl (C=O) groups is 1. The molecule has 0 unspecified atom stereocenters. The molecular formula is C29H34O6. The Hall–Kier alpha value is -3.25. The maximum atomic E-state index is 12.6. The lowest BCUT2D eigenvalue weighted by Crippen LogP contribution is -2.38. The first-order valence-corrected chi connectivity index (χ1v) is 12.2. The van der Waals surface area contributed by atoms with Crippen LogP contribution in [0.25, 0.3) is 0 Å². The van der Waals surface area contributed by atoms with Crippen molar-refractivity contribution in [3.05, 3.63) is 69.8 Å². The Labute approximate surface area is 207 Å². The number of para-hydroxylation sites is 1. The van der Waals surface area contributed by atoms with Gasteiger partial charge in [0.2, 0.25) is 0 Å². The molecule has 0 radical (unpaired) electrons. The van der Waals surface area contributed by atoms with E-state index in [1.165, 1.54) is 11.1 Å². The van der Waals surface area contributed by atoms with Crippen molar-refractivity contribution in [2.75, 3.05) is 13.2 Å². The molecular weight excluding hydrogens is 444 g/mol. The largest absolute Gasteiger partial charge is 0.507 e. The van der Waals surface area contributed by atoms with Crippen molar-refractivity contribution >= 4 is 5.97 Å². The summed E-state index contributed by atoms with van der Waals surface area (Å²) in [4.78, 5) is 12.6. The number of ether oxygens (including phenoxy) is 4. The first-order chi connectivity index (χ1) is 16.7. The van der Waals surface area contributed by atoms with Crippen LogP contribution in [0.1, 0.15) is 68.7 Å². The number of phenolic OH excluding ortho intramolecular Hbond substituents is 1. The summed E-state index contributed by atoms with van der Waals surface area (Å²) in [5.41, 5.74) is 4.67. The van der Waals surface area contributed by atoms with Crippen molar-refractivity contribution in [2.24, 2.45) is 0 Å². The Morgan fingerprint density at radius 3 is 2.69 bits per heavy atom. The molecule has 2 heterocycles. The van der Waals surface area contributed by atoms with Crippen LogP contribution < -0.4 is 9.47 Å². The van der Waals surface area contributed by atoms with Gasteiger partial charge in [-0.3, -0.25) is 4.79 Å². The lowest BCUT2D eigenvalue weighted by atomic mass is 9.88. The molecule has 2 aromatic rings. The van der Waals surface area contributed by atoms with Crippen LogP contribution in [0.15, 0.2) is 47.6 Å². The molecule has 0 saturated carbocycles. The highest BCUT2D eigenvalue weighted by atomic mass is 16.7. The highest BCUT2D eigenvalue weighted by Gasteiger charge is 2.51. The van der Waals surface area contributed by atoms with Crippen molar-refractivity contribution in [3.8, 4) is 23.0 Å². The van der Waals surface area contributed by atoms with Crippen LogP contribution in [0.4, 0.5) is 0 Å². The number of esters is 1. The molecule has 0 amide bonds. The van der Waals surface area contributed by atoms with Crippen LogP contribution in [0.2, 0.25) is 0 Å². The number of fused-ring (bicyclic) bond motifs is 4. The highest BCUT2D eigenvalue weighted by Crippen LogP contribution is 2.57. The molecule has 1 saturated heterocycles. The summed E-state index contributed by atoms with van der Waals surface area (Å²) < 4.78 is 24.5. The lowest BCUT2D eigenvalue weighted by Gasteiger charge is -2.39. The summed E-state index contributed by atoms with van der Waals surface area (Å²) >= 11 is 0. The number of aromatic hydroxyl groups is 1. The molecule has 1 spiro atoms. The topological polar surface area (TPSA) is 74.2 Å². The van der Waals surface area contributed by atoms with Crippen molar-refractivity contribution in [1.29, 1.82) is 0 Å². The molecule has 0 bridgehead atoms. The summed E-state index contributed by atoms with van der Waals surface area (Å²) in [5, 5.41) is 11.4. The Morgan fingerprint density at radius 1 is 1.14 bits per heavy atom. The van der Waals surface area contributed by atoms with Crippen LogP contribution in [-0.2, 0) is 20.1 Å². The molecule has 2 aromatic carbocycles. The maximum Gasteiger partial charge on any atom is 0.308 e. The Morgan fingerprint density at radius 2 is 1.91 bits per heavy atom. The summed E-state index contributed by atoms with van der Waals surface area (Å²) in [6.07, 6.45) is 7.03. The summed E-state index contributed by atoms with van der Waals surface area (Å²) in [6.45, 7) is 10.6. The quantitative estimate of drug-likeness (QED) is 0.366. The van der Waals surface area contributed by atoms with Crippen LogP contribution in [0.3, 0.4) is 0 Å². The minimum absolute atomic E-state index is 0.0611. The van der Waals surface area contributed by atoms with E-state index in [1.807, 2.05) is 19.1 Å². The fourth-order valence-corrected chi connectivity index (χ4v) is 4.58. The van der Waals surface area contributed by atoms with Crippen molar-refractivity contribution in [1.82, 2.24) is 0 Å². The highest BCUT2D eigenvalue weighted by molar-refractivity contribution is 5.74. The smallest absolute Gasteiger partial charge is 0.308 e. The molecule has 6 heteroatoms. The summed E-state index contributed by atoms with van der Waals surface area (Å²) in [5.74, 6) is -0.563. The Kier molecular flexibility index (Phi) is 7.22. The molecule has 0 aliphatic carbocycles. The minimum Gasteiger partial charge on any atom is -0.507 e. The number of hydrogen-bond donors (Lipinski definition) is 1. The SMILES string of the molecule is CC(C)=CCCC(C)=CCOc1c(C)c(O)c2c(c1C)Oc1ccccc1[C@@]21OCCCC(=O)O1. The minimum atomic E-state index is -1.57. The van der Waals surface area contributed by atoms with Gasteiger partial charge in [0.15, 0.2) is 0 Å². The molecule has 186 valence electrons. The molecule has 0 aromatic heterocycles. The molecule has 1 N–H and O–H groups in total. The van der Waals surface area contributed by atoms with Gasteiger partial charge in [0, 0.05) is 17.5 Å².